The van der Waals surface area contributed by atoms with Crippen LogP contribution in [0.3, 0.4) is 0 Å². The van der Waals surface area contributed by atoms with Crippen LogP contribution in [0.15, 0.2) is 9.21 Å². The maximum Gasteiger partial charge on any atom is 0.236 e. The predicted octanol–water partition coefficient (Wildman–Crippen LogP) is 0.790. The van der Waals surface area contributed by atoms with Gasteiger partial charge in [0.2, 0.25) is 5.91 Å². The Labute approximate surface area is 105 Å². The number of carbonyl (C=O) groups is 1. The van der Waals surface area contributed by atoms with E-state index in [1.165, 1.54) is 0 Å². The third kappa shape index (κ3) is 2.79. The van der Waals surface area contributed by atoms with Gasteiger partial charge in [-0.25, -0.2) is 4.98 Å². The SMILES string of the molecule is CNC(Cn1c(C)nc(Br)c1Br)C(N)=O. The standard InChI is InChI=1S/C8H12Br2N4O/c1-4-13-6(9)7(10)14(4)3-5(12-2)8(11)15/h5,12H,3H2,1-2H3,(H2,11,15). The zero-order valence-corrected chi connectivity index (χ0v) is 11.6. The Morgan fingerprint density at radius 2 is 2.27 bits per heavy atom. The molecule has 3 N–H and O–H groups in total. The van der Waals surface area contributed by atoms with E-state index in [1.54, 1.807) is 7.05 Å². The molecule has 1 aromatic rings. The topological polar surface area (TPSA) is 72.9 Å². The molecule has 0 aliphatic rings. The summed E-state index contributed by atoms with van der Waals surface area (Å²) in [7, 11) is 1.70. The van der Waals surface area contributed by atoms with Gasteiger partial charge in [0.05, 0.1) is 0 Å². The first-order valence-corrected chi connectivity index (χ1v) is 5.90. The molecule has 0 aromatic carbocycles. The van der Waals surface area contributed by atoms with Crippen LogP contribution in [0, 0.1) is 6.92 Å². The summed E-state index contributed by atoms with van der Waals surface area (Å²) in [6, 6.07) is -0.402. The number of hydrogen-bond acceptors (Lipinski definition) is 3. The number of nitrogens with one attached hydrogen (secondary N) is 1. The molecule has 1 atom stereocenters. The Hall–Kier alpha value is -0.400. The summed E-state index contributed by atoms with van der Waals surface area (Å²) in [5.74, 6) is 0.434. The van der Waals surface area contributed by atoms with Crippen LogP contribution in [-0.4, -0.2) is 28.5 Å². The van der Waals surface area contributed by atoms with E-state index >= 15 is 0 Å². The van der Waals surface area contributed by atoms with Crippen LogP contribution in [0.5, 0.6) is 0 Å². The van der Waals surface area contributed by atoms with Crippen molar-refractivity contribution < 1.29 is 4.79 Å². The van der Waals surface area contributed by atoms with Crippen molar-refractivity contribution >= 4 is 37.8 Å². The molecule has 1 amide bonds. The first-order chi connectivity index (χ1) is 6.97. The molecule has 0 saturated heterocycles. The van der Waals surface area contributed by atoms with E-state index in [2.05, 4.69) is 42.2 Å². The molecule has 0 aliphatic heterocycles. The number of aromatic nitrogens is 2. The van der Waals surface area contributed by atoms with Crippen LogP contribution in [0.4, 0.5) is 0 Å². The van der Waals surface area contributed by atoms with Gasteiger partial charge < -0.3 is 15.6 Å². The van der Waals surface area contributed by atoms with Crippen molar-refractivity contribution in [3.05, 3.63) is 15.0 Å². The number of hydrogen-bond donors (Lipinski definition) is 2. The highest BCUT2D eigenvalue weighted by atomic mass is 79.9. The molecule has 1 aromatic heterocycles. The first kappa shape index (κ1) is 12.7. The molecule has 0 saturated carbocycles. The van der Waals surface area contributed by atoms with Crippen molar-refractivity contribution in [1.29, 1.82) is 0 Å². The summed E-state index contributed by atoms with van der Waals surface area (Å²) in [6.45, 7) is 2.32. The van der Waals surface area contributed by atoms with Gasteiger partial charge in [0, 0.05) is 6.54 Å². The lowest BCUT2D eigenvalue weighted by Crippen LogP contribution is -2.42. The summed E-state index contributed by atoms with van der Waals surface area (Å²) >= 11 is 6.68. The van der Waals surface area contributed by atoms with Gasteiger partial charge in [0.15, 0.2) is 0 Å². The molecular formula is C8H12Br2N4O. The van der Waals surface area contributed by atoms with Crippen molar-refractivity contribution in [2.75, 3.05) is 7.05 Å². The zero-order valence-electron chi connectivity index (χ0n) is 8.42. The number of amides is 1. The maximum atomic E-state index is 11.1. The van der Waals surface area contributed by atoms with Crippen molar-refractivity contribution in [3.63, 3.8) is 0 Å². The molecule has 15 heavy (non-hydrogen) atoms. The van der Waals surface area contributed by atoms with Gasteiger partial charge in [-0.15, -0.1) is 0 Å². The Bertz CT molecular complexity index is 377. The molecule has 0 spiro atoms. The van der Waals surface area contributed by atoms with E-state index < -0.39 is 6.04 Å². The molecule has 5 nitrogen and oxygen atoms in total. The Kier molecular flexibility index (Phi) is 4.30. The normalized spacial score (nSPS) is 12.8. The monoisotopic (exact) mass is 338 g/mol. The van der Waals surface area contributed by atoms with Crippen LogP contribution < -0.4 is 11.1 Å². The van der Waals surface area contributed by atoms with Gasteiger partial charge in [-0.3, -0.25) is 4.79 Å². The van der Waals surface area contributed by atoms with E-state index in [1.807, 2.05) is 11.5 Å². The zero-order chi connectivity index (χ0) is 11.6. The lowest BCUT2D eigenvalue weighted by molar-refractivity contribution is -0.120. The smallest absolute Gasteiger partial charge is 0.236 e. The van der Waals surface area contributed by atoms with Crippen LogP contribution in [0.25, 0.3) is 0 Å². The highest BCUT2D eigenvalue weighted by molar-refractivity contribution is 9.13. The number of aryl methyl sites for hydroxylation is 1. The molecule has 1 rings (SSSR count). The number of primary amides is 1. The molecule has 0 fully saturated rings. The molecule has 7 heteroatoms. The summed E-state index contributed by atoms with van der Waals surface area (Å²) in [5.41, 5.74) is 5.24. The number of likely N-dealkylation sites (N-methyl/N-ethyl adjacent to an activating group) is 1. The van der Waals surface area contributed by atoms with Crippen molar-refractivity contribution in [2.24, 2.45) is 5.73 Å². The van der Waals surface area contributed by atoms with Crippen LogP contribution in [0.2, 0.25) is 0 Å². The Morgan fingerprint density at radius 1 is 1.67 bits per heavy atom. The minimum atomic E-state index is -0.402. The largest absolute Gasteiger partial charge is 0.368 e. The average molecular weight is 340 g/mol. The predicted molar refractivity (Wildman–Crippen MR) is 64.4 cm³/mol. The van der Waals surface area contributed by atoms with E-state index in [9.17, 15) is 4.79 Å². The molecule has 0 radical (unpaired) electrons. The van der Waals surface area contributed by atoms with E-state index in [0.717, 1.165) is 15.0 Å². The van der Waals surface area contributed by atoms with Gasteiger partial charge in [0.1, 0.15) is 21.1 Å². The van der Waals surface area contributed by atoms with Gasteiger partial charge >= 0.3 is 0 Å². The second-order valence-corrected chi connectivity index (χ2v) is 4.60. The Morgan fingerprint density at radius 3 is 2.60 bits per heavy atom. The lowest BCUT2D eigenvalue weighted by Gasteiger charge is -2.14. The minimum Gasteiger partial charge on any atom is -0.368 e. The summed E-state index contributed by atoms with van der Waals surface area (Å²) in [5, 5.41) is 2.85. The average Bonchev–Trinajstić information content (AvgIpc) is 2.39. The number of nitrogens with two attached hydrogens (primary N) is 1. The van der Waals surface area contributed by atoms with Crippen LogP contribution in [0.1, 0.15) is 5.82 Å². The van der Waals surface area contributed by atoms with Gasteiger partial charge in [-0.1, -0.05) is 0 Å². The third-order valence-electron chi connectivity index (χ3n) is 2.11. The number of halogens is 2. The molecule has 1 heterocycles. The molecule has 1 unspecified atom stereocenters. The van der Waals surface area contributed by atoms with Crippen molar-refractivity contribution in [1.82, 2.24) is 14.9 Å². The van der Waals surface area contributed by atoms with E-state index in [0.29, 0.717) is 6.54 Å². The summed E-state index contributed by atoms with van der Waals surface area (Å²) in [4.78, 5) is 15.3. The van der Waals surface area contributed by atoms with E-state index in [-0.39, 0.29) is 5.91 Å². The highest BCUT2D eigenvalue weighted by Crippen LogP contribution is 2.23. The number of carbonyl (C=O) groups excluding carboxylic acids is 1. The quantitative estimate of drug-likeness (QED) is 0.851. The summed E-state index contributed by atoms with van der Waals surface area (Å²) in [6.07, 6.45) is 0. The minimum absolute atomic E-state index is 0.381. The third-order valence-corrected chi connectivity index (χ3v) is 4.00. The van der Waals surface area contributed by atoms with Crippen molar-refractivity contribution in [2.45, 2.75) is 19.5 Å². The molecule has 0 bridgehead atoms. The highest BCUT2D eigenvalue weighted by Gasteiger charge is 2.17. The second-order valence-electron chi connectivity index (χ2n) is 3.09. The number of imidazole rings is 1. The lowest BCUT2D eigenvalue weighted by atomic mass is 10.3. The molecule has 0 aliphatic carbocycles. The number of nitrogens with zero attached hydrogens (tertiary/aromatic N) is 2. The summed E-state index contributed by atoms with van der Waals surface area (Å²) < 4.78 is 3.40. The fraction of sp³-hybridized carbons (Fsp3) is 0.500. The molecule has 84 valence electrons. The maximum absolute atomic E-state index is 11.1. The van der Waals surface area contributed by atoms with Gasteiger partial charge in [0.25, 0.3) is 0 Å². The van der Waals surface area contributed by atoms with Crippen LogP contribution >= 0.6 is 31.9 Å². The Balaban J connectivity index is 2.92. The fourth-order valence-electron chi connectivity index (χ4n) is 1.22. The first-order valence-electron chi connectivity index (χ1n) is 4.32. The number of rotatable bonds is 4. The van der Waals surface area contributed by atoms with Crippen molar-refractivity contribution in [3.8, 4) is 0 Å². The van der Waals surface area contributed by atoms with Gasteiger partial charge in [-0.2, -0.15) is 0 Å². The van der Waals surface area contributed by atoms with E-state index in [4.69, 9.17) is 5.73 Å². The second kappa shape index (κ2) is 5.09. The fourth-order valence-corrected chi connectivity index (χ4v) is 2.18. The molecular weight excluding hydrogens is 328 g/mol. The van der Waals surface area contributed by atoms with Gasteiger partial charge in [-0.05, 0) is 45.8 Å². The van der Waals surface area contributed by atoms with Crippen LogP contribution in [-0.2, 0) is 11.3 Å².